The SMILES string of the molecule is C=C=C1CCCC[C@@H]1[C@H](C)OS(=O)(=O)c1ccc(C)cc1. The lowest BCUT2D eigenvalue weighted by Gasteiger charge is -2.28. The normalized spacial score (nSPS) is 20.9. The maximum absolute atomic E-state index is 12.3. The third-order valence-electron chi connectivity index (χ3n) is 4.04. The molecule has 1 aliphatic rings. The van der Waals surface area contributed by atoms with E-state index in [1.165, 1.54) is 0 Å². The van der Waals surface area contributed by atoms with Crippen molar-refractivity contribution in [1.82, 2.24) is 0 Å². The predicted molar refractivity (Wildman–Crippen MR) is 83.5 cm³/mol. The van der Waals surface area contributed by atoms with Crippen LogP contribution in [0.1, 0.15) is 38.2 Å². The summed E-state index contributed by atoms with van der Waals surface area (Å²) in [6, 6.07) is 6.72. The number of benzene rings is 1. The van der Waals surface area contributed by atoms with E-state index in [0.29, 0.717) is 0 Å². The van der Waals surface area contributed by atoms with E-state index in [1.807, 2.05) is 13.8 Å². The van der Waals surface area contributed by atoms with Crippen LogP contribution in [0.15, 0.2) is 47.0 Å². The molecule has 0 aliphatic heterocycles. The maximum atomic E-state index is 12.3. The Kier molecular flexibility index (Phi) is 5.04. The van der Waals surface area contributed by atoms with Crippen molar-refractivity contribution in [2.24, 2.45) is 5.92 Å². The van der Waals surface area contributed by atoms with Gasteiger partial charge in [0.15, 0.2) is 0 Å². The summed E-state index contributed by atoms with van der Waals surface area (Å²) in [6.45, 7) is 7.45. The van der Waals surface area contributed by atoms with E-state index in [-0.39, 0.29) is 16.9 Å². The molecule has 21 heavy (non-hydrogen) atoms. The van der Waals surface area contributed by atoms with Gasteiger partial charge in [0.2, 0.25) is 0 Å². The van der Waals surface area contributed by atoms with E-state index < -0.39 is 10.1 Å². The summed E-state index contributed by atoms with van der Waals surface area (Å²) in [4.78, 5) is 0.208. The highest BCUT2D eigenvalue weighted by Crippen LogP contribution is 2.33. The van der Waals surface area contributed by atoms with E-state index in [0.717, 1.165) is 36.8 Å². The van der Waals surface area contributed by atoms with Crippen LogP contribution in [-0.2, 0) is 14.3 Å². The van der Waals surface area contributed by atoms with Crippen molar-refractivity contribution in [3.05, 3.63) is 47.7 Å². The van der Waals surface area contributed by atoms with E-state index in [2.05, 4.69) is 12.3 Å². The molecule has 0 N–H and O–H groups in total. The van der Waals surface area contributed by atoms with E-state index in [4.69, 9.17) is 4.18 Å². The quantitative estimate of drug-likeness (QED) is 0.624. The standard InChI is InChI=1S/C17H22O3S/c1-4-15-7-5-6-8-17(15)14(3)20-21(18,19)16-11-9-13(2)10-12-16/h9-12,14,17H,1,5-8H2,2-3H3/t14-,17+/m0/s1. The molecule has 0 bridgehead atoms. The molecular formula is C17H22O3S. The number of hydrogen-bond donors (Lipinski definition) is 0. The fourth-order valence-electron chi connectivity index (χ4n) is 2.80. The van der Waals surface area contributed by atoms with Crippen molar-refractivity contribution in [3.8, 4) is 0 Å². The van der Waals surface area contributed by atoms with Crippen LogP contribution < -0.4 is 0 Å². The van der Waals surface area contributed by atoms with Crippen LogP contribution in [0.25, 0.3) is 0 Å². The zero-order chi connectivity index (χ0) is 15.5. The van der Waals surface area contributed by atoms with Gasteiger partial charge < -0.3 is 0 Å². The number of hydrogen-bond acceptors (Lipinski definition) is 3. The average molecular weight is 306 g/mol. The maximum Gasteiger partial charge on any atom is 0.297 e. The lowest BCUT2D eigenvalue weighted by molar-refractivity contribution is 0.160. The summed E-state index contributed by atoms with van der Waals surface area (Å²) in [5.41, 5.74) is 5.07. The molecule has 0 heterocycles. The third kappa shape index (κ3) is 3.85. The molecule has 0 saturated heterocycles. The molecule has 2 rings (SSSR count). The van der Waals surface area contributed by atoms with Gasteiger partial charge in [-0.05, 0) is 50.8 Å². The summed E-state index contributed by atoms with van der Waals surface area (Å²) in [6.07, 6.45) is 3.69. The summed E-state index contributed by atoms with van der Waals surface area (Å²) in [5, 5.41) is 0. The van der Waals surface area contributed by atoms with Crippen molar-refractivity contribution in [2.75, 3.05) is 0 Å². The Morgan fingerprint density at radius 3 is 2.57 bits per heavy atom. The molecular weight excluding hydrogens is 284 g/mol. The first-order valence-electron chi connectivity index (χ1n) is 7.33. The Morgan fingerprint density at radius 2 is 1.95 bits per heavy atom. The number of aryl methyl sites for hydroxylation is 1. The Bertz CT molecular complexity index is 637. The molecule has 1 fully saturated rings. The van der Waals surface area contributed by atoms with Crippen LogP contribution in [0.2, 0.25) is 0 Å². The minimum Gasteiger partial charge on any atom is -0.263 e. The molecule has 0 aromatic heterocycles. The Balaban J connectivity index is 2.15. The van der Waals surface area contributed by atoms with Crippen LogP contribution in [0.3, 0.4) is 0 Å². The Morgan fingerprint density at radius 1 is 1.29 bits per heavy atom. The van der Waals surface area contributed by atoms with Gasteiger partial charge in [-0.3, -0.25) is 4.18 Å². The van der Waals surface area contributed by atoms with Crippen molar-refractivity contribution in [1.29, 1.82) is 0 Å². The van der Waals surface area contributed by atoms with Gasteiger partial charge in [-0.25, -0.2) is 0 Å². The van der Waals surface area contributed by atoms with Gasteiger partial charge >= 0.3 is 0 Å². The molecule has 0 unspecified atom stereocenters. The molecule has 4 heteroatoms. The van der Waals surface area contributed by atoms with E-state index in [9.17, 15) is 8.42 Å². The lowest BCUT2D eigenvalue weighted by atomic mass is 9.82. The van der Waals surface area contributed by atoms with Gasteiger partial charge in [-0.2, -0.15) is 8.42 Å². The highest BCUT2D eigenvalue weighted by atomic mass is 32.2. The highest BCUT2D eigenvalue weighted by Gasteiger charge is 2.29. The van der Waals surface area contributed by atoms with E-state index in [1.54, 1.807) is 24.3 Å². The predicted octanol–water partition coefficient (Wildman–Crippen LogP) is 3.99. The molecule has 114 valence electrons. The van der Waals surface area contributed by atoms with Crippen molar-refractivity contribution in [3.63, 3.8) is 0 Å². The summed E-state index contributed by atoms with van der Waals surface area (Å²) >= 11 is 0. The van der Waals surface area contributed by atoms with Crippen LogP contribution in [0, 0.1) is 12.8 Å². The lowest BCUT2D eigenvalue weighted by Crippen LogP contribution is -2.27. The zero-order valence-corrected chi connectivity index (χ0v) is 13.4. The van der Waals surface area contributed by atoms with E-state index >= 15 is 0 Å². The molecule has 0 spiro atoms. The van der Waals surface area contributed by atoms with Crippen LogP contribution in [-0.4, -0.2) is 14.5 Å². The van der Waals surface area contributed by atoms with Crippen molar-refractivity contribution >= 4 is 10.1 Å². The minimum atomic E-state index is -3.72. The van der Waals surface area contributed by atoms with Gasteiger partial charge in [-0.15, -0.1) is 5.73 Å². The second-order valence-corrected chi connectivity index (χ2v) is 7.19. The fourth-order valence-corrected chi connectivity index (χ4v) is 3.92. The second kappa shape index (κ2) is 6.61. The minimum absolute atomic E-state index is 0.0940. The van der Waals surface area contributed by atoms with Crippen molar-refractivity contribution < 1.29 is 12.6 Å². The van der Waals surface area contributed by atoms with Gasteiger partial charge in [0.25, 0.3) is 10.1 Å². The first-order chi connectivity index (χ1) is 9.94. The van der Waals surface area contributed by atoms with Crippen LogP contribution in [0.5, 0.6) is 0 Å². The molecule has 1 aromatic carbocycles. The molecule has 1 aromatic rings. The molecule has 2 atom stereocenters. The molecule has 1 saturated carbocycles. The monoisotopic (exact) mass is 306 g/mol. The molecule has 0 radical (unpaired) electrons. The van der Waals surface area contributed by atoms with Gasteiger partial charge in [0.1, 0.15) is 0 Å². The largest absolute Gasteiger partial charge is 0.297 e. The topological polar surface area (TPSA) is 43.4 Å². The Hall–Kier alpha value is -1.35. The summed E-state index contributed by atoms with van der Waals surface area (Å²) in [5.74, 6) is 0.0940. The average Bonchev–Trinajstić information content (AvgIpc) is 2.47. The summed E-state index contributed by atoms with van der Waals surface area (Å²) in [7, 11) is -3.72. The zero-order valence-electron chi connectivity index (χ0n) is 12.6. The van der Waals surface area contributed by atoms with Gasteiger partial charge in [0, 0.05) is 5.92 Å². The smallest absolute Gasteiger partial charge is 0.263 e. The Labute approximate surface area is 127 Å². The molecule has 0 amide bonds. The first kappa shape index (κ1) is 16.0. The summed E-state index contributed by atoms with van der Waals surface area (Å²) < 4.78 is 30.1. The second-order valence-electron chi connectivity index (χ2n) is 5.62. The highest BCUT2D eigenvalue weighted by molar-refractivity contribution is 7.86. The first-order valence-corrected chi connectivity index (χ1v) is 8.73. The molecule has 1 aliphatic carbocycles. The van der Waals surface area contributed by atoms with Crippen LogP contribution in [0.4, 0.5) is 0 Å². The fraction of sp³-hybridized carbons (Fsp3) is 0.471. The van der Waals surface area contributed by atoms with Crippen LogP contribution >= 0.6 is 0 Å². The number of rotatable bonds is 4. The molecule has 3 nitrogen and oxygen atoms in total. The van der Waals surface area contributed by atoms with Crippen molar-refractivity contribution in [2.45, 2.75) is 50.5 Å². The van der Waals surface area contributed by atoms with Gasteiger partial charge in [-0.1, -0.05) is 30.7 Å². The van der Waals surface area contributed by atoms with Gasteiger partial charge in [0.05, 0.1) is 11.0 Å². The third-order valence-corrected chi connectivity index (χ3v) is 5.45.